The molecule has 2 atom stereocenters. The summed E-state index contributed by atoms with van der Waals surface area (Å²) < 4.78 is 5.36. The number of nitrogens with zero attached hydrogens (tertiary/aromatic N) is 2. The fourth-order valence-corrected chi connectivity index (χ4v) is 4.60. The summed E-state index contributed by atoms with van der Waals surface area (Å²) in [7, 11) is 3.90. The molecule has 116 valence electrons. The number of hydrogen-bond donors (Lipinski definition) is 0. The second-order valence-corrected chi connectivity index (χ2v) is 7.39. The highest BCUT2D eigenvalue weighted by molar-refractivity contribution is 7.14. The third-order valence-electron chi connectivity index (χ3n) is 4.61. The Kier molecular flexibility index (Phi) is 4.33. The first-order valence-corrected chi connectivity index (χ1v) is 8.53. The Morgan fingerprint density at radius 2 is 2.19 bits per heavy atom. The standard InChI is InChI=1S/C16H24N2O2S/c1-11-9-17(2)6-4-12-8-14(21-15(11)12)16(19)18-7-5-13(10-18)20-3/h8,11,13H,4-7,9-10H2,1-3H3/t11?,13-/m1/s1. The van der Waals surface area contributed by atoms with Gasteiger partial charge < -0.3 is 14.5 Å². The van der Waals surface area contributed by atoms with Crippen LogP contribution in [0.15, 0.2) is 6.07 Å². The normalized spacial score (nSPS) is 26.7. The average molecular weight is 308 g/mol. The summed E-state index contributed by atoms with van der Waals surface area (Å²) in [6.07, 6.45) is 2.22. The maximum absolute atomic E-state index is 12.7. The number of carbonyl (C=O) groups excluding carboxylic acids is 1. The number of carbonyl (C=O) groups is 1. The molecule has 0 aromatic carbocycles. The van der Waals surface area contributed by atoms with Gasteiger partial charge in [0.25, 0.3) is 5.91 Å². The molecule has 0 spiro atoms. The molecule has 0 saturated carbocycles. The van der Waals surface area contributed by atoms with Gasteiger partial charge >= 0.3 is 0 Å². The summed E-state index contributed by atoms with van der Waals surface area (Å²) in [5.74, 6) is 0.706. The molecule has 0 bridgehead atoms. The van der Waals surface area contributed by atoms with Gasteiger partial charge in [-0.1, -0.05) is 6.92 Å². The van der Waals surface area contributed by atoms with E-state index >= 15 is 0 Å². The van der Waals surface area contributed by atoms with E-state index in [2.05, 4.69) is 24.9 Å². The van der Waals surface area contributed by atoms with Crippen LogP contribution < -0.4 is 0 Å². The number of rotatable bonds is 2. The van der Waals surface area contributed by atoms with E-state index in [-0.39, 0.29) is 12.0 Å². The first-order valence-electron chi connectivity index (χ1n) is 7.71. The maximum Gasteiger partial charge on any atom is 0.264 e. The Morgan fingerprint density at radius 3 is 2.90 bits per heavy atom. The molecule has 1 saturated heterocycles. The van der Waals surface area contributed by atoms with Crippen LogP contribution in [0.4, 0.5) is 0 Å². The zero-order chi connectivity index (χ0) is 15.0. The van der Waals surface area contributed by atoms with Crippen LogP contribution in [0.5, 0.6) is 0 Å². The van der Waals surface area contributed by atoms with Gasteiger partial charge in [0.1, 0.15) is 0 Å². The number of likely N-dealkylation sites (N-methyl/N-ethyl adjacent to an activating group) is 1. The Labute approximate surface area is 130 Å². The van der Waals surface area contributed by atoms with Crippen LogP contribution in [0.1, 0.15) is 39.4 Å². The second kappa shape index (κ2) is 6.07. The monoisotopic (exact) mass is 308 g/mol. The van der Waals surface area contributed by atoms with Crippen molar-refractivity contribution in [3.63, 3.8) is 0 Å². The molecule has 0 radical (unpaired) electrons. The van der Waals surface area contributed by atoms with Crippen molar-refractivity contribution in [3.8, 4) is 0 Å². The number of hydrogen-bond acceptors (Lipinski definition) is 4. The lowest BCUT2D eigenvalue weighted by Crippen LogP contribution is -2.29. The number of methoxy groups -OCH3 is 1. The molecule has 1 unspecified atom stereocenters. The van der Waals surface area contributed by atoms with E-state index in [9.17, 15) is 4.79 Å². The summed E-state index contributed by atoms with van der Waals surface area (Å²) >= 11 is 1.70. The van der Waals surface area contributed by atoms with Crippen molar-refractivity contribution in [3.05, 3.63) is 21.4 Å². The average Bonchev–Trinajstić information content (AvgIpc) is 3.08. The number of fused-ring (bicyclic) bond motifs is 1. The minimum Gasteiger partial charge on any atom is -0.380 e. The van der Waals surface area contributed by atoms with Gasteiger partial charge in [-0.2, -0.15) is 0 Å². The van der Waals surface area contributed by atoms with Crippen molar-refractivity contribution in [2.45, 2.75) is 31.8 Å². The highest BCUT2D eigenvalue weighted by Crippen LogP contribution is 2.33. The molecule has 1 fully saturated rings. The smallest absolute Gasteiger partial charge is 0.264 e. The predicted molar refractivity (Wildman–Crippen MR) is 85.3 cm³/mol. The van der Waals surface area contributed by atoms with Crippen LogP contribution in [0.2, 0.25) is 0 Å². The highest BCUT2D eigenvalue weighted by atomic mass is 32.1. The van der Waals surface area contributed by atoms with E-state index in [4.69, 9.17) is 4.74 Å². The van der Waals surface area contributed by atoms with Crippen LogP contribution in [-0.2, 0) is 11.2 Å². The molecule has 4 nitrogen and oxygen atoms in total. The summed E-state index contributed by atoms with van der Waals surface area (Å²) in [6.45, 7) is 5.98. The molecule has 2 aliphatic rings. The third-order valence-corrected chi connectivity index (χ3v) is 6.01. The van der Waals surface area contributed by atoms with Crippen molar-refractivity contribution in [1.82, 2.24) is 9.80 Å². The minimum atomic E-state index is 0.188. The summed E-state index contributed by atoms with van der Waals surface area (Å²) in [5.41, 5.74) is 1.38. The van der Waals surface area contributed by atoms with E-state index in [0.29, 0.717) is 5.92 Å². The Morgan fingerprint density at radius 1 is 1.38 bits per heavy atom. The van der Waals surface area contributed by atoms with Crippen LogP contribution in [0.3, 0.4) is 0 Å². The van der Waals surface area contributed by atoms with Crippen molar-refractivity contribution in [1.29, 1.82) is 0 Å². The first kappa shape index (κ1) is 15.0. The van der Waals surface area contributed by atoms with E-state index in [1.54, 1.807) is 18.4 Å². The van der Waals surface area contributed by atoms with E-state index in [0.717, 1.165) is 43.9 Å². The third kappa shape index (κ3) is 3.00. The predicted octanol–water partition coefficient (Wildman–Crippen LogP) is 2.20. The van der Waals surface area contributed by atoms with Crippen molar-refractivity contribution in [2.24, 2.45) is 0 Å². The summed E-state index contributed by atoms with van der Waals surface area (Å²) in [4.78, 5) is 19.3. The largest absolute Gasteiger partial charge is 0.380 e. The molecule has 3 heterocycles. The Bertz CT molecular complexity index is 528. The summed E-state index contributed by atoms with van der Waals surface area (Å²) in [5, 5.41) is 0. The van der Waals surface area contributed by atoms with E-state index in [1.165, 1.54) is 10.4 Å². The van der Waals surface area contributed by atoms with Crippen LogP contribution in [-0.4, -0.2) is 62.1 Å². The van der Waals surface area contributed by atoms with Crippen molar-refractivity contribution < 1.29 is 9.53 Å². The lowest BCUT2D eigenvalue weighted by Gasteiger charge is -2.17. The zero-order valence-corrected chi connectivity index (χ0v) is 13.9. The van der Waals surface area contributed by atoms with Gasteiger partial charge in [-0.15, -0.1) is 11.3 Å². The van der Waals surface area contributed by atoms with Crippen molar-refractivity contribution >= 4 is 17.2 Å². The second-order valence-electron chi connectivity index (χ2n) is 6.31. The van der Waals surface area contributed by atoms with Crippen LogP contribution in [0.25, 0.3) is 0 Å². The first-order chi connectivity index (χ1) is 10.1. The number of ether oxygens (including phenoxy) is 1. The van der Waals surface area contributed by atoms with Gasteiger partial charge in [0.15, 0.2) is 0 Å². The topological polar surface area (TPSA) is 32.8 Å². The Balaban J connectivity index is 1.77. The summed E-state index contributed by atoms with van der Waals surface area (Å²) in [6, 6.07) is 2.14. The molecule has 3 rings (SSSR count). The lowest BCUT2D eigenvalue weighted by atomic mass is 10.1. The highest BCUT2D eigenvalue weighted by Gasteiger charge is 2.29. The van der Waals surface area contributed by atoms with Gasteiger partial charge in [0.05, 0.1) is 11.0 Å². The quantitative estimate of drug-likeness (QED) is 0.840. The molecule has 1 aromatic rings. The molecular formula is C16H24N2O2S. The SMILES string of the molecule is CO[C@@H]1CCN(C(=O)c2cc3c(s2)C(C)CN(C)CC3)C1. The van der Waals surface area contributed by atoms with Crippen LogP contribution in [0, 0.1) is 0 Å². The lowest BCUT2D eigenvalue weighted by molar-refractivity contribution is 0.0728. The molecule has 2 aliphatic heterocycles. The van der Waals surface area contributed by atoms with Crippen molar-refractivity contribution in [2.75, 3.05) is 40.3 Å². The molecule has 0 aliphatic carbocycles. The van der Waals surface area contributed by atoms with Gasteiger partial charge in [-0.05, 0) is 31.5 Å². The van der Waals surface area contributed by atoms with Gasteiger partial charge in [0, 0.05) is 44.1 Å². The van der Waals surface area contributed by atoms with E-state index < -0.39 is 0 Å². The maximum atomic E-state index is 12.7. The van der Waals surface area contributed by atoms with Gasteiger partial charge in [-0.25, -0.2) is 0 Å². The fraction of sp³-hybridized carbons (Fsp3) is 0.688. The molecule has 1 amide bonds. The molecule has 1 aromatic heterocycles. The van der Waals surface area contributed by atoms with Gasteiger partial charge in [0.2, 0.25) is 0 Å². The Hall–Kier alpha value is -0.910. The van der Waals surface area contributed by atoms with Crippen LogP contribution >= 0.6 is 11.3 Å². The molecule has 21 heavy (non-hydrogen) atoms. The minimum absolute atomic E-state index is 0.188. The number of thiophene rings is 1. The van der Waals surface area contributed by atoms with Gasteiger partial charge in [-0.3, -0.25) is 4.79 Å². The molecule has 5 heteroatoms. The fourth-order valence-electron chi connectivity index (χ4n) is 3.37. The zero-order valence-electron chi connectivity index (χ0n) is 13.1. The molecule has 0 N–H and O–H groups in total. The molecular weight excluding hydrogens is 284 g/mol. The number of likely N-dealkylation sites (tertiary alicyclic amines) is 1. The van der Waals surface area contributed by atoms with E-state index in [1.807, 2.05) is 4.90 Å². The number of amides is 1.